The molecule has 0 bridgehead atoms. The Labute approximate surface area is 71.9 Å². The second-order valence-corrected chi connectivity index (χ2v) is 3.30. The van der Waals surface area contributed by atoms with Gasteiger partial charge in [0.15, 0.2) is 5.75 Å². The zero-order valence-corrected chi connectivity index (χ0v) is 7.74. The second kappa shape index (κ2) is 4.38. The molecule has 4 nitrogen and oxygen atoms in total. The fraction of sp³-hybridized carbons (Fsp3) is 0.143. The van der Waals surface area contributed by atoms with E-state index in [1.165, 1.54) is 0 Å². The lowest BCUT2D eigenvalue weighted by molar-refractivity contribution is -0.640. The van der Waals surface area contributed by atoms with E-state index in [1.807, 2.05) is 19.1 Å². The Hall–Kier alpha value is -0.670. The van der Waals surface area contributed by atoms with E-state index in [2.05, 4.69) is 10.5 Å². The van der Waals surface area contributed by atoms with Crippen molar-refractivity contribution in [3.05, 3.63) is 29.8 Å². The summed E-state index contributed by atoms with van der Waals surface area (Å²) in [6.07, 6.45) is 0. The summed E-state index contributed by atoms with van der Waals surface area (Å²) in [5.41, 5.74) is 1.12. The van der Waals surface area contributed by atoms with Gasteiger partial charge in [-0.05, 0) is 19.1 Å². The van der Waals surface area contributed by atoms with Gasteiger partial charge in [-0.2, -0.15) is 5.90 Å². The molecule has 0 saturated heterocycles. The molecule has 1 radical (unpaired) electrons. The molecular formula is C7H11NO3P+2. The fourth-order valence-corrected chi connectivity index (χ4v) is 1.12. The number of benzene rings is 1. The van der Waals surface area contributed by atoms with Crippen molar-refractivity contribution >= 4 is 8.60 Å². The van der Waals surface area contributed by atoms with Crippen molar-refractivity contribution in [3.63, 3.8) is 0 Å². The van der Waals surface area contributed by atoms with E-state index in [1.54, 1.807) is 12.1 Å². The van der Waals surface area contributed by atoms with Crippen LogP contribution in [0.3, 0.4) is 0 Å². The van der Waals surface area contributed by atoms with Gasteiger partial charge in [0.05, 0.1) is 0 Å². The second-order valence-electron chi connectivity index (χ2n) is 2.31. The van der Waals surface area contributed by atoms with Gasteiger partial charge in [-0.25, -0.2) is 0 Å². The molecule has 1 unspecified atom stereocenters. The Bertz CT molecular complexity index is 239. The van der Waals surface area contributed by atoms with Crippen molar-refractivity contribution in [2.45, 2.75) is 6.92 Å². The maximum atomic E-state index is 10.7. The molecule has 0 amide bonds. The average Bonchev–Trinajstić information content (AvgIpc) is 2.09. The summed E-state index contributed by atoms with van der Waals surface area (Å²) >= 11 is 0. The first-order valence-electron chi connectivity index (χ1n) is 3.43. The minimum Gasteiger partial charge on any atom is -0.281 e. The molecule has 5 heteroatoms. The quantitative estimate of drug-likeness (QED) is 0.566. The van der Waals surface area contributed by atoms with Crippen LogP contribution in [0.5, 0.6) is 5.75 Å². The first-order chi connectivity index (χ1) is 5.72. The average molecular weight is 188 g/mol. The van der Waals surface area contributed by atoms with Gasteiger partial charge >= 0.3 is 8.60 Å². The summed E-state index contributed by atoms with van der Waals surface area (Å²) in [6, 6.07) is 7.20. The Balaban J connectivity index is 2.58. The van der Waals surface area contributed by atoms with Crippen molar-refractivity contribution in [1.82, 2.24) is 0 Å². The Kier molecular flexibility index (Phi) is 3.44. The molecule has 0 saturated carbocycles. The highest BCUT2D eigenvalue weighted by atomic mass is 31.2. The van der Waals surface area contributed by atoms with Crippen LogP contribution in [-0.4, -0.2) is 0 Å². The maximum absolute atomic E-state index is 10.7. The third-order valence-corrected chi connectivity index (χ3v) is 1.98. The van der Waals surface area contributed by atoms with E-state index in [9.17, 15) is 4.89 Å². The van der Waals surface area contributed by atoms with E-state index in [4.69, 9.17) is 4.52 Å². The van der Waals surface area contributed by atoms with Crippen LogP contribution in [0.25, 0.3) is 0 Å². The highest BCUT2D eigenvalue weighted by Gasteiger charge is 2.19. The van der Waals surface area contributed by atoms with Crippen LogP contribution in [0.1, 0.15) is 5.56 Å². The molecule has 0 heterocycles. The molecule has 1 aromatic carbocycles. The summed E-state index contributed by atoms with van der Waals surface area (Å²) in [7, 11) is -2.46. The highest BCUT2D eigenvalue weighted by Crippen LogP contribution is 2.32. The fourth-order valence-electron chi connectivity index (χ4n) is 0.732. The Morgan fingerprint density at radius 3 is 2.42 bits per heavy atom. The van der Waals surface area contributed by atoms with Gasteiger partial charge in [0, 0.05) is 9.52 Å². The van der Waals surface area contributed by atoms with Crippen LogP contribution in [0, 0.1) is 6.92 Å². The van der Waals surface area contributed by atoms with E-state index in [0.29, 0.717) is 5.75 Å². The molecule has 0 aliphatic rings. The molecule has 65 valence electrons. The zero-order chi connectivity index (χ0) is 8.97. The number of rotatable bonds is 3. The number of hydrogen-bond acceptors (Lipinski definition) is 2. The van der Waals surface area contributed by atoms with Crippen molar-refractivity contribution < 1.29 is 19.9 Å². The molecule has 0 aliphatic heterocycles. The molecule has 1 rings (SSSR count). The lowest BCUT2D eigenvalue weighted by Crippen LogP contribution is -2.46. The maximum Gasteiger partial charge on any atom is 0.546 e. The molecule has 0 fully saturated rings. The smallest absolute Gasteiger partial charge is 0.281 e. The van der Waals surface area contributed by atoms with Gasteiger partial charge < -0.3 is 0 Å². The standard InChI is InChI=1S/C7H11NO3P/c1-6-2-4-7(5-3-6)10-12(9)11-8/h2-5,12H,1,8H3/q+2. The first kappa shape index (κ1) is 9.42. The Morgan fingerprint density at radius 1 is 1.33 bits per heavy atom. The third-order valence-electron chi connectivity index (χ3n) is 1.34. The summed E-state index contributed by atoms with van der Waals surface area (Å²) in [5, 5.41) is 0. The van der Waals surface area contributed by atoms with E-state index in [-0.39, 0.29) is 0 Å². The monoisotopic (exact) mass is 188 g/mol. The van der Waals surface area contributed by atoms with Crippen LogP contribution in [0.4, 0.5) is 0 Å². The van der Waals surface area contributed by atoms with E-state index in [0.717, 1.165) is 5.56 Å². The normalized spacial score (nSPS) is 12.6. The summed E-state index contributed by atoms with van der Waals surface area (Å²) in [6.45, 7) is 1.96. The lowest BCUT2D eigenvalue weighted by Gasteiger charge is -1.96. The van der Waals surface area contributed by atoms with Crippen molar-refractivity contribution in [2.75, 3.05) is 0 Å². The molecular weight excluding hydrogens is 177 g/mol. The van der Waals surface area contributed by atoms with E-state index < -0.39 is 8.60 Å². The molecule has 12 heavy (non-hydrogen) atoms. The molecule has 0 aromatic heterocycles. The van der Waals surface area contributed by atoms with Gasteiger partial charge in [-0.15, -0.1) is 0 Å². The topological polar surface area (TPSA) is 66.0 Å². The number of hydrogen-bond donors (Lipinski definition) is 1. The van der Waals surface area contributed by atoms with Gasteiger partial charge in [0.25, 0.3) is 0 Å². The van der Waals surface area contributed by atoms with Crippen LogP contribution < -0.4 is 10.4 Å². The van der Waals surface area contributed by atoms with Crippen molar-refractivity contribution in [2.24, 2.45) is 0 Å². The molecule has 1 aromatic rings. The van der Waals surface area contributed by atoms with Crippen molar-refractivity contribution in [3.8, 4) is 5.75 Å². The molecule has 0 spiro atoms. The van der Waals surface area contributed by atoms with Crippen LogP contribution >= 0.6 is 8.60 Å². The predicted octanol–water partition coefficient (Wildman–Crippen LogP) is 0.937. The van der Waals surface area contributed by atoms with Crippen molar-refractivity contribution in [1.29, 1.82) is 0 Å². The SMILES string of the molecule is Cc1ccc(O[PH+]([O])O[NH3+])cc1. The van der Waals surface area contributed by atoms with Gasteiger partial charge in [-0.1, -0.05) is 17.7 Å². The highest BCUT2D eigenvalue weighted by molar-refractivity contribution is 7.40. The minimum absolute atomic E-state index is 0.535. The van der Waals surface area contributed by atoms with Crippen LogP contribution in [0.2, 0.25) is 0 Å². The van der Waals surface area contributed by atoms with Crippen LogP contribution in [-0.2, 0) is 9.52 Å². The third kappa shape index (κ3) is 2.75. The van der Waals surface area contributed by atoms with Gasteiger partial charge in [0.2, 0.25) is 0 Å². The lowest BCUT2D eigenvalue weighted by atomic mass is 10.2. The molecule has 3 N–H and O–H groups in total. The van der Waals surface area contributed by atoms with E-state index >= 15 is 0 Å². The number of quaternary nitrogens is 1. The zero-order valence-electron chi connectivity index (χ0n) is 6.74. The van der Waals surface area contributed by atoms with Crippen LogP contribution in [0.15, 0.2) is 24.3 Å². The number of aryl methyl sites for hydroxylation is 1. The molecule has 0 aliphatic carbocycles. The largest absolute Gasteiger partial charge is 0.546 e. The summed E-state index contributed by atoms with van der Waals surface area (Å²) in [5.74, 6) is 3.54. The predicted molar refractivity (Wildman–Crippen MR) is 44.8 cm³/mol. The Morgan fingerprint density at radius 2 is 1.92 bits per heavy atom. The van der Waals surface area contributed by atoms with Gasteiger partial charge in [-0.3, -0.25) is 4.52 Å². The first-order valence-corrected chi connectivity index (χ1v) is 4.65. The van der Waals surface area contributed by atoms with Gasteiger partial charge in [0.1, 0.15) is 0 Å². The summed E-state index contributed by atoms with van der Waals surface area (Å²) < 4.78 is 9.14. The summed E-state index contributed by atoms with van der Waals surface area (Å²) in [4.78, 5) is 10.7. The molecule has 1 atom stereocenters. The minimum atomic E-state index is -2.46.